The molecule has 0 aromatic heterocycles. The molecule has 0 saturated heterocycles. The summed E-state index contributed by atoms with van der Waals surface area (Å²) in [7, 11) is -3.00. The lowest BCUT2D eigenvalue weighted by molar-refractivity contribution is -0.137. The second-order valence-electron chi connectivity index (χ2n) is 10.1. The molecule has 210 valence electrons. The van der Waals surface area contributed by atoms with Crippen molar-refractivity contribution in [1.29, 1.82) is 0 Å². The molecule has 1 aliphatic heterocycles. The fourth-order valence-corrected chi connectivity index (χ4v) is 5.58. The van der Waals surface area contributed by atoms with Crippen LogP contribution in [0.2, 0.25) is 0 Å². The number of ether oxygens (including phenoxy) is 3. The van der Waals surface area contributed by atoms with Gasteiger partial charge in [0, 0.05) is 6.26 Å². The predicted octanol–water partition coefficient (Wildman–Crippen LogP) is 5.88. The van der Waals surface area contributed by atoms with Crippen LogP contribution in [0.25, 0.3) is 11.1 Å². The van der Waals surface area contributed by atoms with E-state index in [2.05, 4.69) is 24.0 Å². The molecular formula is C32H34O7S. The number of carboxylic acids is 1. The Balaban J connectivity index is 1.50. The highest BCUT2D eigenvalue weighted by atomic mass is 32.2. The van der Waals surface area contributed by atoms with Crippen molar-refractivity contribution in [3.8, 4) is 40.2 Å². The van der Waals surface area contributed by atoms with Gasteiger partial charge in [0.25, 0.3) is 0 Å². The number of rotatable bonds is 10. The number of carbonyl (C=O) groups is 1. The molecule has 0 bridgehead atoms. The Morgan fingerprint density at radius 2 is 1.85 bits per heavy atom. The van der Waals surface area contributed by atoms with Gasteiger partial charge in [-0.05, 0) is 90.9 Å². The Kier molecular flexibility index (Phi) is 9.06. The van der Waals surface area contributed by atoms with Crippen LogP contribution in [0.3, 0.4) is 0 Å². The van der Waals surface area contributed by atoms with Gasteiger partial charge in [0.2, 0.25) is 0 Å². The molecule has 3 aromatic carbocycles. The third-order valence-electron chi connectivity index (χ3n) is 6.71. The molecule has 40 heavy (non-hydrogen) atoms. The summed E-state index contributed by atoms with van der Waals surface area (Å²) in [6, 6.07) is 17.6. The Labute approximate surface area is 236 Å². The quantitative estimate of drug-likeness (QED) is 0.243. The van der Waals surface area contributed by atoms with Gasteiger partial charge in [-0.15, -0.1) is 5.92 Å². The standard InChI is InChI=1S/C32H34O7S/c1-5-8-23(19-31(33)34)24-11-12-28-29(18-24)38-20-30(39-28)25-9-6-10-26(17-25)32-21(2)15-27(16-22(32)3)37-13-7-14-40(4,35)36/h6,9-12,15-18,23,30H,7,13-14,19-20H2,1-4H3,(H,33,34)/t23-,30?/m1/s1. The summed E-state index contributed by atoms with van der Waals surface area (Å²) < 4.78 is 40.9. The van der Waals surface area contributed by atoms with Crippen LogP contribution < -0.4 is 14.2 Å². The van der Waals surface area contributed by atoms with E-state index in [-0.39, 0.29) is 18.3 Å². The zero-order valence-corrected chi connectivity index (χ0v) is 24.0. The SMILES string of the molecule is CC#C[C@H](CC(=O)O)c1ccc2c(c1)OCC(c1cccc(-c3c(C)cc(OCCCS(C)(=O)=O)cc3C)c1)O2. The van der Waals surface area contributed by atoms with E-state index in [1.165, 1.54) is 6.26 Å². The Hall–Kier alpha value is -3.96. The maximum absolute atomic E-state index is 11.4. The van der Waals surface area contributed by atoms with E-state index < -0.39 is 21.7 Å². The molecule has 1 heterocycles. The molecule has 0 radical (unpaired) electrons. The third-order valence-corrected chi connectivity index (χ3v) is 7.74. The zero-order valence-electron chi connectivity index (χ0n) is 23.2. The van der Waals surface area contributed by atoms with E-state index >= 15 is 0 Å². The predicted molar refractivity (Wildman–Crippen MR) is 155 cm³/mol. The van der Waals surface area contributed by atoms with Gasteiger partial charge in [0.1, 0.15) is 22.2 Å². The van der Waals surface area contributed by atoms with E-state index in [0.717, 1.165) is 39.1 Å². The molecule has 1 aliphatic rings. The van der Waals surface area contributed by atoms with Crippen molar-refractivity contribution in [2.75, 3.05) is 25.2 Å². The first-order valence-corrected chi connectivity index (χ1v) is 15.2. The number of fused-ring (bicyclic) bond motifs is 1. The van der Waals surface area contributed by atoms with Crippen LogP contribution >= 0.6 is 0 Å². The molecule has 8 heteroatoms. The maximum atomic E-state index is 11.4. The molecular weight excluding hydrogens is 528 g/mol. The van der Waals surface area contributed by atoms with Gasteiger partial charge in [0.05, 0.1) is 24.7 Å². The molecule has 2 atom stereocenters. The van der Waals surface area contributed by atoms with Crippen molar-refractivity contribution >= 4 is 15.8 Å². The molecule has 7 nitrogen and oxygen atoms in total. The van der Waals surface area contributed by atoms with E-state index in [1.54, 1.807) is 6.92 Å². The minimum Gasteiger partial charge on any atom is -0.494 e. The first kappa shape index (κ1) is 29.0. The highest BCUT2D eigenvalue weighted by Gasteiger charge is 2.25. The highest BCUT2D eigenvalue weighted by Crippen LogP contribution is 2.40. The lowest BCUT2D eigenvalue weighted by Gasteiger charge is -2.28. The number of benzene rings is 3. The van der Waals surface area contributed by atoms with Crippen LogP contribution in [-0.4, -0.2) is 44.7 Å². The monoisotopic (exact) mass is 562 g/mol. The normalized spacial score (nSPS) is 15.1. The molecule has 4 rings (SSSR count). The largest absolute Gasteiger partial charge is 0.494 e. The first-order valence-electron chi connectivity index (χ1n) is 13.1. The number of aliphatic carboxylic acids is 1. The lowest BCUT2D eigenvalue weighted by atomic mass is 9.93. The van der Waals surface area contributed by atoms with Crippen LogP contribution in [0.5, 0.6) is 17.2 Å². The molecule has 0 fully saturated rings. The second-order valence-corrected chi connectivity index (χ2v) is 12.3. The van der Waals surface area contributed by atoms with Gasteiger partial charge in [0.15, 0.2) is 17.6 Å². The lowest BCUT2D eigenvalue weighted by Crippen LogP contribution is -2.22. The van der Waals surface area contributed by atoms with Crippen LogP contribution in [0.15, 0.2) is 54.6 Å². The minimum absolute atomic E-state index is 0.0784. The van der Waals surface area contributed by atoms with Crippen LogP contribution in [0.4, 0.5) is 0 Å². The van der Waals surface area contributed by atoms with Crippen molar-refractivity contribution in [3.05, 3.63) is 76.9 Å². The summed E-state index contributed by atoms with van der Waals surface area (Å²) in [5.74, 6) is 6.47. The zero-order chi connectivity index (χ0) is 28.9. The molecule has 1 unspecified atom stereocenters. The van der Waals surface area contributed by atoms with Crippen molar-refractivity contribution in [1.82, 2.24) is 0 Å². The Bertz CT molecular complexity index is 1540. The molecule has 1 N–H and O–H groups in total. The maximum Gasteiger partial charge on any atom is 0.304 e. The average Bonchev–Trinajstić information content (AvgIpc) is 2.89. The minimum atomic E-state index is -3.00. The van der Waals surface area contributed by atoms with Crippen molar-refractivity contribution in [2.24, 2.45) is 0 Å². The number of sulfone groups is 1. The topological polar surface area (TPSA) is 99.1 Å². The van der Waals surface area contributed by atoms with E-state index in [4.69, 9.17) is 14.2 Å². The molecule has 0 aliphatic carbocycles. The van der Waals surface area contributed by atoms with Gasteiger partial charge in [-0.3, -0.25) is 4.79 Å². The fraction of sp³-hybridized carbons (Fsp3) is 0.344. The fourth-order valence-electron chi connectivity index (χ4n) is 4.94. The van der Waals surface area contributed by atoms with Gasteiger partial charge < -0.3 is 19.3 Å². The summed E-state index contributed by atoms with van der Waals surface area (Å²) in [5.41, 5.74) is 6.03. The van der Waals surface area contributed by atoms with Gasteiger partial charge in [-0.1, -0.05) is 30.2 Å². The highest BCUT2D eigenvalue weighted by molar-refractivity contribution is 7.90. The summed E-state index contributed by atoms with van der Waals surface area (Å²) in [5, 5.41) is 9.24. The van der Waals surface area contributed by atoms with E-state index in [9.17, 15) is 18.3 Å². The number of hydrogen-bond acceptors (Lipinski definition) is 6. The summed E-state index contributed by atoms with van der Waals surface area (Å²) in [4.78, 5) is 11.3. The number of hydrogen-bond donors (Lipinski definition) is 1. The summed E-state index contributed by atoms with van der Waals surface area (Å²) >= 11 is 0. The van der Waals surface area contributed by atoms with Gasteiger partial charge in [-0.25, -0.2) is 8.42 Å². The Morgan fingerprint density at radius 3 is 2.52 bits per heavy atom. The summed E-state index contributed by atoms with van der Waals surface area (Å²) in [6.45, 7) is 6.43. The molecule has 3 aromatic rings. The van der Waals surface area contributed by atoms with E-state index in [0.29, 0.717) is 31.1 Å². The van der Waals surface area contributed by atoms with Gasteiger partial charge >= 0.3 is 5.97 Å². The number of carboxylic acid groups (broad SMARTS) is 1. The first-order chi connectivity index (χ1) is 19.0. The van der Waals surface area contributed by atoms with Crippen molar-refractivity contribution in [3.63, 3.8) is 0 Å². The molecule has 0 spiro atoms. The second kappa shape index (κ2) is 12.5. The van der Waals surface area contributed by atoms with Crippen LogP contribution in [0.1, 0.15) is 54.0 Å². The number of aryl methyl sites for hydroxylation is 2. The average molecular weight is 563 g/mol. The third kappa shape index (κ3) is 7.36. The molecule has 0 saturated carbocycles. The van der Waals surface area contributed by atoms with Crippen molar-refractivity contribution in [2.45, 2.75) is 45.6 Å². The Morgan fingerprint density at radius 1 is 1.10 bits per heavy atom. The van der Waals surface area contributed by atoms with Crippen LogP contribution in [0, 0.1) is 25.7 Å². The smallest absolute Gasteiger partial charge is 0.304 e. The van der Waals surface area contributed by atoms with Crippen LogP contribution in [-0.2, 0) is 14.6 Å². The van der Waals surface area contributed by atoms with Gasteiger partial charge in [-0.2, -0.15) is 0 Å². The van der Waals surface area contributed by atoms with E-state index in [1.807, 2.05) is 56.3 Å². The summed E-state index contributed by atoms with van der Waals surface area (Å²) in [6.07, 6.45) is 1.30. The molecule has 0 amide bonds. The van der Waals surface area contributed by atoms with Crippen molar-refractivity contribution < 1.29 is 32.5 Å².